The molecule has 0 bridgehead atoms. The summed E-state index contributed by atoms with van der Waals surface area (Å²) in [5.74, 6) is 1.72. The second kappa shape index (κ2) is 8.20. The summed E-state index contributed by atoms with van der Waals surface area (Å²) in [5.41, 5.74) is 2.15. The van der Waals surface area contributed by atoms with Crippen LogP contribution in [0.4, 0.5) is 0 Å². The van der Waals surface area contributed by atoms with E-state index in [9.17, 15) is 4.79 Å². The molecule has 0 fully saturated rings. The van der Waals surface area contributed by atoms with E-state index in [1.807, 2.05) is 48.5 Å². The van der Waals surface area contributed by atoms with Gasteiger partial charge >= 0.3 is 0 Å². The minimum atomic E-state index is -0.266. The number of oxazole rings is 1. The van der Waals surface area contributed by atoms with Gasteiger partial charge in [0.15, 0.2) is 17.8 Å². The minimum absolute atomic E-state index is 0.266. The number of benzene rings is 2. The van der Waals surface area contributed by atoms with Gasteiger partial charge in [0.05, 0.1) is 14.2 Å². The molecule has 6 heteroatoms. The summed E-state index contributed by atoms with van der Waals surface area (Å²) in [7, 11) is 3.23. The van der Waals surface area contributed by atoms with E-state index >= 15 is 0 Å². The van der Waals surface area contributed by atoms with E-state index in [2.05, 4.69) is 10.3 Å². The van der Waals surface area contributed by atoms with Gasteiger partial charge in [-0.3, -0.25) is 4.79 Å². The molecule has 3 aromatic rings. The highest BCUT2D eigenvalue weighted by molar-refractivity contribution is 5.97. The molecule has 1 N–H and O–H groups in total. The molecule has 2 aromatic carbocycles. The molecule has 134 valence electrons. The van der Waals surface area contributed by atoms with Crippen molar-refractivity contribution in [1.82, 2.24) is 10.3 Å². The first kappa shape index (κ1) is 17.5. The zero-order chi connectivity index (χ0) is 18.4. The Balaban J connectivity index is 1.62. The van der Waals surface area contributed by atoms with Gasteiger partial charge in [0.25, 0.3) is 5.91 Å². The SMILES string of the molecule is COc1ccc(CCNC(=O)c2ncoc2-c2ccc(OC)cc2)cc1. The van der Waals surface area contributed by atoms with Crippen LogP contribution in [0.3, 0.4) is 0 Å². The average Bonchev–Trinajstić information content (AvgIpc) is 3.18. The monoisotopic (exact) mass is 352 g/mol. The smallest absolute Gasteiger partial charge is 0.273 e. The van der Waals surface area contributed by atoms with Gasteiger partial charge < -0.3 is 19.2 Å². The van der Waals surface area contributed by atoms with Crippen molar-refractivity contribution in [1.29, 1.82) is 0 Å². The molecule has 0 saturated heterocycles. The van der Waals surface area contributed by atoms with Crippen molar-refractivity contribution >= 4 is 5.91 Å². The largest absolute Gasteiger partial charge is 0.497 e. The van der Waals surface area contributed by atoms with Crippen LogP contribution in [-0.2, 0) is 6.42 Å². The fraction of sp³-hybridized carbons (Fsp3) is 0.200. The van der Waals surface area contributed by atoms with Crippen LogP contribution >= 0.6 is 0 Å². The Morgan fingerprint density at radius 2 is 1.62 bits per heavy atom. The average molecular weight is 352 g/mol. The number of rotatable bonds is 7. The van der Waals surface area contributed by atoms with Crippen LogP contribution < -0.4 is 14.8 Å². The van der Waals surface area contributed by atoms with Crippen molar-refractivity contribution in [3.63, 3.8) is 0 Å². The van der Waals surface area contributed by atoms with E-state index in [0.717, 1.165) is 22.6 Å². The summed E-state index contributed by atoms with van der Waals surface area (Å²) in [4.78, 5) is 16.5. The first-order valence-electron chi connectivity index (χ1n) is 8.20. The molecule has 6 nitrogen and oxygen atoms in total. The van der Waals surface area contributed by atoms with Crippen LogP contribution in [0.25, 0.3) is 11.3 Å². The minimum Gasteiger partial charge on any atom is -0.497 e. The topological polar surface area (TPSA) is 73.6 Å². The second-order valence-corrected chi connectivity index (χ2v) is 5.61. The van der Waals surface area contributed by atoms with Gasteiger partial charge in [0.2, 0.25) is 0 Å². The van der Waals surface area contributed by atoms with Crippen LogP contribution in [0.2, 0.25) is 0 Å². The van der Waals surface area contributed by atoms with E-state index in [1.165, 1.54) is 6.39 Å². The van der Waals surface area contributed by atoms with E-state index in [4.69, 9.17) is 13.9 Å². The zero-order valence-corrected chi connectivity index (χ0v) is 14.7. The maximum atomic E-state index is 12.4. The highest BCUT2D eigenvalue weighted by Crippen LogP contribution is 2.25. The molecule has 1 heterocycles. The van der Waals surface area contributed by atoms with Crippen LogP contribution in [0.15, 0.2) is 59.3 Å². The molecule has 0 spiro atoms. The molecular weight excluding hydrogens is 332 g/mol. The summed E-state index contributed by atoms with van der Waals surface area (Å²) < 4.78 is 15.7. The lowest BCUT2D eigenvalue weighted by atomic mass is 10.1. The lowest BCUT2D eigenvalue weighted by Gasteiger charge is -2.06. The fourth-order valence-electron chi connectivity index (χ4n) is 2.55. The normalized spacial score (nSPS) is 10.4. The number of amides is 1. The molecule has 1 amide bonds. The number of ether oxygens (including phenoxy) is 2. The number of carbonyl (C=O) groups is 1. The fourth-order valence-corrected chi connectivity index (χ4v) is 2.55. The maximum absolute atomic E-state index is 12.4. The van der Waals surface area contributed by atoms with Crippen molar-refractivity contribution in [3.8, 4) is 22.8 Å². The van der Waals surface area contributed by atoms with Crippen molar-refractivity contribution < 1.29 is 18.7 Å². The first-order valence-corrected chi connectivity index (χ1v) is 8.20. The molecule has 0 radical (unpaired) electrons. The Morgan fingerprint density at radius 3 is 2.23 bits per heavy atom. The lowest BCUT2D eigenvalue weighted by Crippen LogP contribution is -2.26. The molecular formula is C20H20N2O4. The number of aromatic nitrogens is 1. The van der Waals surface area contributed by atoms with Crippen molar-refractivity contribution in [3.05, 3.63) is 66.2 Å². The van der Waals surface area contributed by atoms with E-state index < -0.39 is 0 Å². The zero-order valence-electron chi connectivity index (χ0n) is 14.7. The number of carbonyl (C=O) groups excluding carboxylic acids is 1. The number of hydrogen-bond donors (Lipinski definition) is 1. The third-order valence-electron chi connectivity index (χ3n) is 3.99. The first-order chi connectivity index (χ1) is 12.7. The molecule has 0 aliphatic carbocycles. The highest BCUT2D eigenvalue weighted by Gasteiger charge is 2.18. The third-order valence-corrected chi connectivity index (χ3v) is 3.99. The van der Waals surface area contributed by atoms with E-state index in [1.54, 1.807) is 14.2 Å². The maximum Gasteiger partial charge on any atom is 0.273 e. The molecule has 0 aliphatic heterocycles. The summed E-state index contributed by atoms with van der Waals surface area (Å²) >= 11 is 0. The Kier molecular flexibility index (Phi) is 5.53. The predicted octanol–water partition coefficient (Wildman–Crippen LogP) is 3.33. The van der Waals surface area contributed by atoms with Crippen molar-refractivity contribution in [2.75, 3.05) is 20.8 Å². The van der Waals surface area contributed by atoms with Crippen LogP contribution in [0.5, 0.6) is 11.5 Å². The molecule has 26 heavy (non-hydrogen) atoms. The van der Waals surface area contributed by atoms with E-state index in [0.29, 0.717) is 18.7 Å². The van der Waals surface area contributed by atoms with Gasteiger partial charge in [0, 0.05) is 12.1 Å². The van der Waals surface area contributed by atoms with Gasteiger partial charge in [-0.1, -0.05) is 12.1 Å². The molecule has 3 rings (SSSR count). The summed E-state index contributed by atoms with van der Waals surface area (Å²) in [5, 5.41) is 2.88. The number of nitrogens with one attached hydrogen (secondary N) is 1. The summed E-state index contributed by atoms with van der Waals surface area (Å²) in [6.45, 7) is 0.500. The standard InChI is InChI=1S/C20H20N2O4/c1-24-16-7-3-14(4-8-16)11-12-21-20(23)18-19(26-13-22-18)15-5-9-17(25-2)10-6-15/h3-10,13H,11-12H2,1-2H3,(H,21,23). The Bertz CT molecular complexity index is 854. The number of nitrogens with zero attached hydrogens (tertiary/aromatic N) is 1. The van der Waals surface area contributed by atoms with Gasteiger partial charge in [-0.2, -0.15) is 0 Å². The van der Waals surface area contributed by atoms with Gasteiger partial charge in [0.1, 0.15) is 11.5 Å². The summed E-state index contributed by atoms with van der Waals surface area (Å²) in [6, 6.07) is 15.0. The Hall–Kier alpha value is -3.28. The Morgan fingerprint density at radius 1 is 1.00 bits per heavy atom. The lowest BCUT2D eigenvalue weighted by molar-refractivity contribution is 0.0950. The molecule has 0 saturated carbocycles. The third kappa shape index (κ3) is 4.03. The van der Waals surface area contributed by atoms with Crippen molar-refractivity contribution in [2.24, 2.45) is 0 Å². The van der Waals surface area contributed by atoms with Gasteiger partial charge in [-0.05, 0) is 48.4 Å². The predicted molar refractivity (Wildman–Crippen MR) is 97.5 cm³/mol. The van der Waals surface area contributed by atoms with Gasteiger partial charge in [-0.15, -0.1) is 0 Å². The van der Waals surface area contributed by atoms with Crippen molar-refractivity contribution in [2.45, 2.75) is 6.42 Å². The highest BCUT2D eigenvalue weighted by atomic mass is 16.5. The molecule has 1 aromatic heterocycles. The number of hydrogen-bond acceptors (Lipinski definition) is 5. The molecule has 0 aliphatic rings. The molecule has 0 atom stereocenters. The van der Waals surface area contributed by atoms with Gasteiger partial charge in [-0.25, -0.2) is 4.98 Å². The Labute approximate surface area is 151 Å². The number of methoxy groups -OCH3 is 2. The second-order valence-electron chi connectivity index (χ2n) is 5.61. The van der Waals surface area contributed by atoms with E-state index in [-0.39, 0.29) is 11.6 Å². The van der Waals surface area contributed by atoms with Crippen LogP contribution in [0.1, 0.15) is 16.1 Å². The van der Waals surface area contributed by atoms with Crippen LogP contribution in [0, 0.1) is 0 Å². The quantitative estimate of drug-likeness (QED) is 0.706. The summed E-state index contributed by atoms with van der Waals surface area (Å²) in [6.07, 6.45) is 1.99. The molecule has 0 unspecified atom stereocenters. The van der Waals surface area contributed by atoms with Crippen LogP contribution in [-0.4, -0.2) is 31.7 Å².